The van der Waals surface area contributed by atoms with Gasteiger partial charge in [0.15, 0.2) is 0 Å². The Morgan fingerprint density at radius 2 is 2.06 bits per heavy atom. The van der Waals surface area contributed by atoms with Crippen molar-refractivity contribution < 1.29 is 4.74 Å². The maximum absolute atomic E-state index is 5.44. The van der Waals surface area contributed by atoms with Crippen molar-refractivity contribution in [3.8, 4) is 0 Å². The number of hydrogen-bond acceptors (Lipinski definition) is 3. The molecule has 1 rings (SSSR count). The monoisotopic (exact) mass is 236 g/mol. The molecule has 1 heterocycles. The molecule has 3 nitrogen and oxygen atoms in total. The second-order valence-electron chi connectivity index (χ2n) is 5.31. The van der Waals surface area contributed by atoms with E-state index in [4.69, 9.17) is 4.74 Å². The minimum absolute atomic E-state index is 0.142. The van der Waals surface area contributed by atoms with Crippen molar-refractivity contribution in [1.29, 1.82) is 0 Å². The largest absolute Gasteiger partial charge is 0.375 e. The third kappa shape index (κ3) is 6.39. The number of ether oxygens (including phenoxy) is 1. The third-order valence-electron chi connectivity index (χ3n) is 2.31. The van der Waals surface area contributed by atoms with Crippen molar-refractivity contribution in [3.63, 3.8) is 0 Å². The highest BCUT2D eigenvalue weighted by atomic mass is 16.5. The van der Waals surface area contributed by atoms with Crippen LogP contribution in [-0.2, 0) is 17.9 Å². The Balaban J connectivity index is 2.39. The lowest BCUT2D eigenvalue weighted by atomic mass is 10.1. The second-order valence-corrected chi connectivity index (χ2v) is 5.31. The van der Waals surface area contributed by atoms with Crippen molar-refractivity contribution in [1.82, 2.24) is 10.3 Å². The minimum Gasteiger partial charge on any atom is -0.375 e. The highest BCUT2D eigenvalue weighted by Crippen LogP contribution is 2.05. The lowest BCUT2D eigenvalue weighted by Gasteiger charge is -2.20. The maximum Gasteiger partial charge on any atom is 0.0887 e. The van der Waals surface area contributed by atoms with Gasteiger partial charge in [0.2, 0.25) is 0 Å². The minimum atomic E-state index is 0.142. The van der Waals surface area contributed by atoms with Crippen LogP contribution >= 0.6 is 0 Å². The summed E-state index contributed by atoms with van der Waals surface area (Å²) in [6.45, 7) is 10.9. The van der Waals surface area contributed by atoms with Crippen LogP contribution in [0, 0.1) is 0 Å². The molecular weight excluding hydrogens is 212 g/mol. The number of rotatable bonds is 6. The van der Waals surface area contributed by atoms with Gasteiger partial charge in [-0.15, -0.1) is 0 Å². The van der Waals surface area contributed by atoms with Gasteiger partial charge < -0.3 is 10.1 Å². The molecule has 0 aromatic carbocycles. The van der Waals surface area contributed by atoms with Crippen LogP contribution in [0.15, 0.2) is 18.3 Å². The standard InChI is InChI=1S/C14H24N2O/c1-5-8-17-11-13-7-6-12(9-15-13)10-16-14(2,3)4/h6-7,9,16H,5,8,10-11H2,1-4H3. The topological polar surface area (TPSA) is 34.1 Å². The highest BCUT2D eigenvalue weighted by Gasteiger charge is 2.08. The fourth-order valence-corrected chi connectivity index (χ4v) is 1.33. The van der Waals surface area contributed by atoms with E-state index >= 15 is 0 Å². The zero-order chi connectivity index (χ0) is 12.7. The summed E-state index contributed by atoms with van der Waals surface area (Å²) in [5.41, 5.74) is 2.35. The van der Waals surface area contributed by atoms with Crippen molar-refractivity contribution in [2.75, 3.05) is 6.61 Å². The van der Waals surface area contributed by atoms with Gasteiger partial charge in [0, 0.05) is 24.9 Å². The van der Waals surface area contributed by atoms with E-state index in [1.807, 2.05) is 12.3 Å². The molecule has 0 spiro atoms. The predicted molar refractivity (Wildman–Crippen MR) is 70.8 cm³/mol. The summed E-state index contributed by atoms with van der Waals surface area (Å²) in [4.78, 5) is 4.39. The van der Waals surface area contributed by atoms with Gasteiger partial charge in [-0.2, -0.15) is 0 Å². The smallest absolute Gasteiger partial charge is 0.0887 e. The first-order valence-corrected chi connectivity index (χ1v) is 6.28. The number of nitrogens with one attached hydrogen (secondary N) is 1. The molecule has 1 aromatic heterocycles. The first kappa shape index (κ1) is 14.1. The van der Waals surface area contributed by atoms with Gasteiger partial charge >= 0.3 is 0 Å². The van der Waals surface area contributed by atoms with Gasteiger partial charge in [0.05, 0.1) is 12.3 Å². The molecule has 1 aromatic rings. The summed E-state index contributed by atoms with van der Waals surface area (Å²) < 4.78 is 5.44. The molecule has 0 bridgehead atoms. The third-order valence-corrected chi connectivity index (χ3v) is 2.31. The highest BCUT2D eigenvalue weighted by molar-refractivity contribution is 5.13. The molecule has 0 aliphatic heterocycles. The molecule has 0 aliphatic carbocycles. The Bertz CT molecular complexity index is 314. The summed E-state index contributed by atoms with van der Waals surface area (Å²) in [6.07, 6.45) is 2.97. The molecule has 0 aliphatic rings. The Kier molecular flexibility index (Phi) is 5.59. The van der Waals surface area contributed by atoms with Crippen LogP contribution in [0.1, 0.15) is 45.4 Å². The maximum atomic E-state index is 5.44. The molecule has 0 unspecified atom stereocenters. The van der Waals surface area contributed by atoms with E-state index in [-0.39, 0.29) is 5.54 Å². The number of pyridine rings is 1. The Hall–Kier alpha value is -0.930. The lowest BCUT2D eigenvalue weighted by Crippen LogP contribution is -2.35. The molecule has 17 heavy (non-hydrogen) atoms. The number of aromatic nitrogens is 1. The van der Waals surface area contributed by atoms with E-state index in [2.05, 4.69) is 44.1 Å². The van der Waals surface area contributed by atoms with E-state index < -0.39 is 0 Å². The van der Waals surface area contributed by atoms with Crippen LogP contribution < -0.4 is 5.32 Å². The molecule has 0 amide bonds. The molecule has 0 fully saturated rings. The van der Waals surface area contributed by atoms with Gasteiger partial charge in [-0.05, 0) is 38.8 Å². The Labute approximate surface area is 105 Å². The van der Waals surface area contributed by atoms with E-state index in [1.54, 1.807) is 0 Å². The van der Waals surface area contributed by atoms with Crippen molar-refractivity contribution >= 4 is 0 Å². The lowest BCUT2D eigenvalue weighted by molar-refractivity contribution is 0.119. The van der Waals surface area contributed by atoms with Crippen molar-refractivity contribution in [2.24, 2.45) is 0 Å². The zero-order valence-electron chi connectivity index (χ0n) is 11.4. The van der Waals surface area contributed by atoms with E-state index in [0.717, 1.165) is 25.3 Å². The van der Waals surface area contributed by atoms with Gasteiger partial charge in [0.25, 0.3) is 0 Å². The molecule has 0 saturated heterocycles. The van der Waals surface area contributed by atoms with Crippen LogP contribution in [0.3, 0.4) is 0 Å². The van der Waals surface area contributed by atoms with Gasteiger partial charge in [-0.25, -0.2) is 0 Å². The van der Waals surface area contributed by atoms with Crippen LogP contribution in [0.5, 0.6) is 0 Å². The van der Waals surface area contributed by atoms with E-state index in [0.29, 0.717) is 6.61 Å². The van der Waals surface area contributed by atoms with Crippen LogP contribution in [-0.4, -0.2) is 17.1 Å². The van der Waals surface area contributed by atoms with Crippen LogP contribution in [0.4, 0.5) is 0 Å². The van der Waals surface area contributed by atoms with E-state index in [1.165, 1.54) is 5.56 Å². The molecule has 0 saturated carbocycles. The first-order chi connectivity index (χ1) is 8.01. The molecule has 0 radical (unpaired) electrons. The number of nitrogens with zero attached hydrogens (tertiary/aromatic N) is 1. The first-order valence-electron chi connectivity index (χ1n) is 6.28. The Morgan fingerprint density at radius 3 is 2.59 bits per heavy atom. The van der Waals surface area contributed by atoms with E-state index in [9.17, 15) is 0 Å². The predicted octanol–water partition coefficient (Wildman–Crippen LogP) is 2.90. The second kappa shape index (κ2) is 6.72. The average Bonchev–Trinajstić information content (AvgIpc) is 2.27. The summed E-state index contributed by atoms with van der Waals surface area (Å²) >= 11 is 0. The summed E-state index contributed by atoms with van der Waals surface area (Å²) in [6, 6.07) is 4.14. The zero-order valence-corrected chi connectivity index (χ0v) is 11.4. The molecule has 96 valence electrons. The SMILES string of the molecule is CCCOCc1ccc(CNC(C)(C)C)cn1. The number of hydrogen-bond donors (Lipinski definition) is 1. The Morgan fingerprint density at radius 1 is 1.29 bits per heavy atom. The normalized spacial score (nSPS) is 11.8. The molecule has 1 N–H and O–H groups in total. The molecular formula is C14H24N2O. The van der Waals surface area contributed by atoms with Crippen LogP contribution in [0.25, 0.3) is 0 Å². The molecule has 0 atom stereocenters. The van der Waals surface area contributed by atoms with Crippen molar-refractivity contribution in [2.45, 2.75) is 52.8 Å². The summed E-state index contributed by atoms with van der Waals surface area (Å²) in [7, 11) is 0. The van der Waals surface area contributed by atoms with Crippen LogP contribution in [0.2, 0.25) is 0 Å². The summed E-state index contributed by atoms with van der Waals surface area (Å²) in [5, 5.41) is 3.44. The van der Waals surface area contributed by atoms with Gasteiger partial charge in [-0.1, -0.05) is 13.0 Å². The van der Waals surface area contributed by atoms with Gasteiger partial charge in [-0.3, -0.25) is 4.98 Å². The quantitative estimate of drug-likeness (QED) is 0.771. The van der Waals surface area contributed by atoms with Crippen molar-refractivity contribution in [3.05, 3.63) is 29.6 Å². The fourth-order valence-electron chi connectivity index (χ4n) is 1.33. The van der Waals surface area contributed by atoms with Gasteiger partial charge in [0.1, 0.15) is 0 Å². The summed E-state index contributed by atoms with van der Waals surface area (Å²) in [5.74, 6) is 0. The molecule has 3 heteroatoms. The fraction of sp³-hybridized carbons (Fsp3) is 0.643. The average molecular weight is 236 g/mol.